The molecule has 3 aromatic carbocycles. The topological polar surface area (TPSA) is 120 Å². The first-order valence-corrected chi connectivity index (χ1v) is 11.1. The summed E-state index contributed by atoms with van der Waals surface area (Å²) in [4.78, 5) is 24.4. The molecule has 7 nitrogen and oxygen atoms in total. The van der Waals surface area contributed by atoms with Gasteiger partial charge in [-0.2, -0.15) is 0 Å². The third-order valence-corrected chi connectivity index (χ3v) is 6.76. The van der Waals surface area contributed by atoms with E-state index in [-0.39, 0.29) is 16.0 Å². The van der Waals surface area contributed by atoms with E-state index < -0.39 is 14.9 Å². The number of hydrogen-bond acceptors (Lipinski definition) is 6. The molecular weight excluding hydrogens is 424 g/mol. The third-order valence-electron chi connectivity index (χ3n) is 4.61. The molecule has 0 fully saturated rings. The number of non-ortho nitro benzene ring substituents is 1. The van der Waals surface area contributed by atoms with Gasteiger partial charge in [0.1, 0.15) is 0 Å². The highest BCUT2D eigenvalue weighted by Crippen LogP contribution is 2.37. The van der Waals surface area contributed by atoms with E-state index in [1.165, 1.54) is 35.6 Å². The van der Waals surface area contributed by atoms with Crippen LogP contribution in [-0.4, -0.2) is 13.3 Å². The lowest BCUT2D eigenvalue weighted by molar-refractivity contribution is -0.384. The summed E-state index contributed by atoms with van der Waals surface area (Å²) in [6, 6.07) is 18.9. The van der Waals surface area contributed by atoms with Crippen molar-refractivity contribution in [2.45, 2.75) is 4.90 Å². The molecular formula is C21H14N2O5S2. The number of primary sulfonamides is 1. The van der Waals surface area contributed by atoms with E-state index in [0.29, 0.717) is 27.0 Å². The van der Waals surface area contributed by atoms with Crippen molar-refractivity contribution in [2.75, 3.05) is 0 Å². The highest BCUT2D eigenvalue weighted by Gasteiger charge is 2.18. The predicted molar refractivity (Wildman–Crippen MR) is 117 cm³/mol. The number of benzene rings is 3. The number of nitro groups is 1. The van der Waals surface area contributed by atoms with Crippen molar-refractivity contribution in [3.8, 4) is 21.6 Å². The zero-order valence-corrected chi connectivity index (χ0v) is 16.9. The summed E-state index contributed by atoms with van der Waals surface area (Å²) in [6.07, 6.45) is 0. The van der Waals surface area contributed by atoms with E-state index in [2.05, 4.69) is 0 Å². The minimum atomic E-state index is -3.84. The molecule has 0 radical (unpaired) electrons. The third kappa shape index (κ3) is 3.61. The van der Waals surface area contributed by atoms with Crippen molar-refractivity contribution in [2.24, 2.45) is 5.14 Å². The fraction of sp³-hybridized carbons (Fsp3) is 0. The number of fused-ring (bicyclic) bond motifs is 1. The van der Waals surface area contributed by atoms with Gasteiger partial charge in [-0.25, -0.2) is 13.6 Å². The molecule has 1 heterocycles. The molecule has 9 heteroatoms. The second-order valence-corrected chi connectivity index (χ2v) is 9.12. The maximum absolute atomic E-state index is 13.3. The first-order valence-electron chi connectivity index (χ1n) is 8.69. The maximum Gasteiger partial charge on any atom is 0.269 e. The summed E-state index contributed by atoms with van der Waals surface area (Å²) in [6.45, 7) is 0. The quantitative estimate of drug-likeness (QED) is 0.379. The van der Waals surface area contributed by atoms with Crippen molar-refractivity contribution < 1.29 is 13.3 Å². The van der Waals surface area contributed by atoms with Gasteiger partial charge in [-0.15, -0.1) is 11.3 Å². The monoisotopic (exact) mass is 438 g/mol. The van der Waals surface area contributed by atoms with Gasteiger partial charge >= 0.3 is 0 Å². The molecule has 0 atom stereocenters. The van der Waals surface area contributed by atoms with Gasteiger partial charge in [0, 0.05) is 32.7 Å². The summed E-state index contributed by atoms with van der Waals surface area (Å²) >= 11 is 1.38. The second-order valence-electron chi connectivity index (χ2n) is 6.50. The van der Waals surface area contributed by atoms with Crippen molar-refractivity contribution in [1.29, 1.82) is 0 Å². The van der Waals surface area contributed by atoms with Crippen LogP contribution >= 0.6 is 11.3 Å². The molecule has 0 unspecified atom stereocenters. The van der Waals surface area contributed by atoms with Gasteiger partial charge in [-0.3, -0.25) is 14.9 Å². The number of nitrogens with two attached hydrogens (primary N) is 1. The Morgan fingerprint density at radius 3 is 2.07 bits per heavy atom. The smallest absolute Gasteiger partial charge is 0.269 e. The molecule has 1 aromatic heterocycles. The molecule has 0 saturated heterocycles. The average Bonchev–Trinajstić information content (AvgIpc) is 2.73. The van der Waals surface area contributed by atoms with Crippen LogP contribution in [0.5, 0.6) is 0 Å². The van der Waals surface area contributed by atoms with Crippen LogP contribution < -0.4 is 10.6 Å². The van der Waals surface area contributed by atoms with Gasteiger partial charge in [0.15, 0.2) is 5.43 Å². The number of nitrogens with zero attached hydrogens (tertiary/aromatic N) is 1. The SMILES string of the molecule is NS(=O)(=O)c1ccc(-c2sc3ccccc3c(=O)c2-c2ccc([N+](=O)[O-])cc2)cc1. The lowest BCUT2D eigenvalue weighted by atomic mass is 10.00. The summed E-state index contributed by atoms with van der Waals surface area (Å²) < 4.78 is 23.9. The summed E-state index contributed by atoms with van der Waals surface area (Å²) in [5.41, 5.74) is 1.30. The van der Waals surface area contributed by atoms with Crippen LogP contribution in [0.1, 0.15) is 0 Å². The Kier molecular flexibility index (Phi) is 4.94. The minimum absolute atomic E-state index is 0.0312. The lowest BCUT2D eigenvalue weighted by Crippen LogP contribution is -2.11. The summed E-state index contributed by atoms with van der Waals surface area (Å²) in [7, 11) is -3.84. The Balaban J connectivity index is 1.99. The van der Waals surface area contributed by atoms with Gasteiger partial charge in [0.05, 0.1) is 9.82 Å². The van der Waals surface area contributed by atoms with E-state index in [1.54, 1.807) is 36.4 Å². The van der Waals surface area contributed by atoms with Crippen LogP contribution in [-0.2, 0) is 10.0 Å². The first kappa shape index (κ1) is 19.9. The molecule has 30 heavy (non-hydrogen) atoms. The molecule has 4 aromatic rings. The average molecular weight is 438 g/mol. The zero-order valence-electron chi connectivity index (χ0n) is 15.3. The van der Waals surface area contributed by atoms with Gasteiger partial charge in [0.2, 0.25) is 10.0 Å². The molecule has 150 valence electrons. The summed E-state index contributed by atoms with van der Waals surface area (Å²) in [5.74, 6) is 0. The van der Waals surface area contributed by atoms with Crippen molar-refractivity contribution >= 4 is 37.1 Å². The predicted octanol–water partition coefficient (Wildman–Crippen LogP) is 4.15. The Hall–Kier alpha value is -3.40. The molecule has 0 aliphatic carbocycles. The van der Waals surface area contributed by atoms with E-state index in [4.69, 9.17) is 5.14 Å². The van der Waals surface area contributed by atoms with Crippen LogP contribution in [0.3, 0.4) is 0 Å². The minimum Gasteiger partial charge on any atom is -0.288 e. The zero-order chi connectivity index (χ0) is 21.5. The van der Waals surface area contributed by atoms with E-state index in [1.807, 2.05) is 12.1 Å². The van der Waals surface area contributed by atoms with Crippen LogP contribution in [0.25, 0.3) is 31.7 Å². The molecule has 0 aliphatic rings. The van der Waals surface area contributed by atoms with Crippen LogP contribution in [0.4, 0.5) is 5.69 Å². The summed E-state index contributed by atoms with van der Waals surface area (Å²) in [5, 5.41) is 16.7. The highest BCUT2D eigenvalue weighted by atomic mass is 32.2. The van der Waals surface area contributed by atoms with E-state index in [0.717, 1.165) is 4.70 Å². The normalized spacial score (nSPS) is 11.5. The second kappa shape index (κ2) is 7.45. The number of nitro benzene ring substituents is 1. The fourth-order valence-electron chi connectivity index (χ4n) is 3.15. The Bertz CT molecular complexity index is 1440. The highest BCUT2D eigenvalue weighted by molar-refractivity contribution is 7.89. The number of rotatable bonds is 4. The van der Waals surface area contributed by atoms with Crippen molar-refractivity contribution in [3.05, 3.63) is 93.1 Å². The Morgan fingerprint density at radius 2 is 1.47 bits per heavy atom. The fourth-order valence-corrected chi connectivity index (χ4v) is 4.87. The van der Waals surface area contributed by atoms with E-state index >= 15 is 0 Å². The first-order chi connectivity index (χ1) is 14.3. The van der Waals surface area contributed by atoms with Gasteiger partial charge < -0.3 is 0 Å². The molecule has 0 saturated carbocycles. The standard InChI is InChI=1S/C21H14N2O5S2/c22-30(27,28)16-11-7-14(8-12-16)21-19(13-5-9-15(10-6-13)23(25)26)20(24)17-3-1-2-4-18(17)29-21/h1-12H,(H2,22,27,28). The van der Waals surface area contributed by atoms with Crippen molar-refractivity contribution in [3.63, 3.8) is 0 Å². The van der Waals surface area contributed by atoms with Crippen LogP contribution in [0.15, 0.2) is 82.5 Å². The molecule has 0 bridgehead atoms. The van der Waals surface area contributed by atoms with Gasteiger partial charge in [0.25, 0.3) is 5.69 Å². The molecule has 4 rings (SSSR count). The van der Waals surface area contributed by atoms with Gasteiger partial charge in [-0.05, 0) is 47.5 Å². The van der Waals surface area contributed by atoms with Gasteiger partial charge in [-0.1, -0.05) is 24.3 Å². The molecule has 0 spiro atoms. The largest absolute Gasteiger partial charge is 0.288 e. The Morgan fingerprint density at radius 1 is 0.867 bits per heavy atom. The molecule has 0 amide bonds. The van der Waals surface area contributed by atoms with Crippen molar-refractivity contribution in [1.82, 2.24) is 0 Å². The van der Waals surface area contributed by atoms with Crippen LogP contribution in [0, 0.1) is 10.1 Å². The Labute approximate surface area is 175 Å². The lowest BCUT2D eigenvalue weighted by Gasteiger charge is -2.11. The molecule has 2 N–H and O–H groups in total. The maximum atomic E-state index is 13.3. The number of sulfonamides is 1. The van der Waals surface area contributed by atoms with Crippen LogP contribution in [0.2, 0.25) is 0 Å². The van der Waals surface area contributed by atoms with E-state index in [9.17, 15) is 23.3 Å². The molecule has 0 aliphatic heterocycles. The number of hydrogen-bond donors (Lipinski definition) is 1.